The number of ether oxygens (including phenoxy) is 3. The first-order valence-corrected chi connectivity index (χ1v) is 27.8. The normalized spacial score (nSPS) is 11.3. The fourth-order valence-electron chi connectivity index (χ4n) is 5.74. The Balaban J connectivity index is 4.29. The van der Waals surface area contributed by atoms with E-state index in [0.29, 0.717) is 56.3 Å². The van der Waals surface area contributed by atoms with Crippen LogP contribution in [-0.2, 0) is 28.6 Å². The van der Waals surface area contributed by atoms with Gasteiger partial charge in [0, 0.05) is 17.3 Å². The van der Waals surface area contributed by atoms with Gasteiger partial charge < -0.3 is 14.2 Å². The lowest BCUT2D eigenvalue weighted by atomic mass is 10.1. The lowest BCUT2D eigenvalue weighted by Crippen LogP contribution is -2.07. The van der Waals surface area contributed by atoms with E-state index >= 15 is 0 Å². The van der Waals surface area contributed by atoms with Crippen LogP contribution in [0.25, 0.3) is 0 Å². The Labute approximate surface area is 335 Å². The van der Waals surface area contributed by atoms with Crippen molar-refractivity contribution < 1.29 is 28.6 Å². The molecule has 52 heavy (non-hydrogen) atoms. The average molecular weight is 809 g/mol. The van der Waals surface area contributed by atoms with Gasteiger partial charge in [-0.2, -0.15) is 0 Å². The molecule has 0 heterocycles. The molecule has 0 bridgehead atoms. The topological polar surface area (TPSA) is 78.9 Å². The molecule has 0 aliphatic carbocycles. The summed E-state index contributed by atoms with van der Waals surface area (Å²) in [5.74, 6) is 1.68. The van der Waals surface area contributed by atoms with Crippen LogP contribution in [0.5, 0.6) is 0 Å². The summed E-state index contributed by atoms with van der Waals surface area (Å²) in [4.78, 5) is 37.1. The van der Waals surface area contributed by atoms with Crippen LogP contribution in [0.4, 0.5) is 0 Å². The summed E-state index contributed by atoms with van der Waals surface area (Å²) in [7, 11) is 0. The molecule has 0 saturated heterocycles. The van der Waals surface area contributed by atoms with Crippen LogP contribution in [0.1, 0.15) is 213 Å². The minimum absolute atomic E-state index is 0.128. The predicted octanol–water partition coefficient (Wildman–Crippen LogP) is 14.8. The molecular weight excluding hydrogens is 728 g/mol. The number of hydrogen-bond acceptors (Lipinski definition) is 9. The largest absolute Gasteiger partial charge is 0.466 e. The molecule has 0 N–H and O–H groups in total. The number of carbonyl (C=O) groups is 3. The van der Waals surface area contributed by atoms with E-state index in [2.05, 4.69) is 20.8 Å². The second kappa shape index (κ2) is 43.6. The molecule has 6 nitrogen and oxygen atoms in total. The van der Waals surface area contributed by atoms with E-state index in [0.717, 1.165) is 38.5 Å². The van der Waals surface area contributed by atoms with Crippen LogP contribution in [0.15, 0.2) is 0 Å². The van der Waals surface area contributed by atoms with E-state index in [1.807, 2.05) is 0 Å². The molecule has 0 aromatic rings. The zero-order valence-electron chi connectivity index (χ0n) is 34.1. The van der Waals surface area contributed by atoms with Crippen molar-refractivity contribution in [2.45, 2.75) is 213 Å². The second-order valence-electron chi connectivity index (χ2n) is 14.1. The molecule has 0 spiro atoms. The van der Waals surface area contributed by atoms with E-state index in [1.165, 1.54) is 135 Å². The molecule has 0 aromatic carbocycles. The van der Waals surface area contributed by atoms with Gasteiger partial charge in [-0.05, 0) is 19.3 Å². The molecule has 10 heteroatoms. The van der Waals surface area contributed by atoms with Gasteiger partial charge in [-0.15, -0.1) is 34.1 Å². The van der Waals surface area contributed by atoms with Crippen molar-refractivity contribution in [1.29, 1.82) is 0 Å². The molecule has 0 radical (unpaired) electrons. The van der Waals surface area contributed by atoms with Crippen LogP contribution in [0.2, 0.25) is 0 Å². The average Bonchev–Trinajstić information content (AvgIpc) is 3.13. The maximum Gasteiger partial charge on any atom is 0.306 e. The molecule has 0 aliphatic rings. The smallest absolute Gasteiger partial charge is 0.306 e. The number of esters is 3. The lowest BCUT2D eigenvalue weighted by molar-refractivity contribution is -0.144. The number of unbranched alkanes of at least 4 members (excludes halogenated alkanes) is 24. The fraction of sp³-hybridized carbons (Fsp3) is 0.929. The Morgan fingerprint density at radius 2 is 0.558 bits per heavy atom. The highest BCUT2D eigenvalue weighted by Gasteiger charge is 2.15. The molecule has 0 atom stereocenters. The summed E-state index contributed by atoms with van der Waals surface area (Å²) in [6.45, 7) is 8.29. The van der Waals surface area contributed by atoms with Gasteiger partial charge in [0.25, 0.3) is 0 Å². The summed E-state index contributed by atoms with van der Waals surface area (Å²) < 4.78 is 16.5. The zero-order valence-corrected chi connectivity index (χ0v) is 37.4. The molecule has 308 valence electrons. The Morgan fingerprint density at radius 1 is 0.346 bits per heavy atom. The van der Waals surface area contributed by atoms with Gasteiger partial charge in [0.15, 0.2) is 0 Å². The van der Waals surface area contributed by atoms with Crippen LogP contribution < -0.4 is 0 Å². The van der Waals surface area contributed by atoms with Crippen LogP contribution >= 0.6 is 39.7 Å². The summed E-state index contributed by atoms with van der Waals surface area (Å²) >= 11 is 5.30. The molecule has 0 saturated carbocycles. The van der Waals surface area contributed by atoms with Crippen molar-refractivity contribution >= 4 is 57.6 Å². The van der Waals surface area contributed by atoms with Gasteiger partial charge in [0.05, 0.1) is 44.6 Å². The second-order valence-corrected chi connectivity index (χ2v) is 24.3. The highest BCUT2D eigenvalue weighted by molar-refractivity contribution is 9.12. The van der Waals surface area contributed by atoms with Crippen molar-refractivity contribution in [3.05, 3.63) is 0 Å². The maximum atomic E-state index is 12.4. The van der Waals surface area contributed by atoms with Gasteiger partial charge in [-0.25, -0.2) is 0 Å². The zero-order chi connectivity index (χ0) is 38.0. The standard InChI is InChI=1S/C42H81O6PS3/c1-4-7-10-13-16-19-22-25-28-34-46-40(43)31-37-50-49(51-38-32-41(44)47-35-29-26-23-20-17-14-11-8-5-2)52-39-33-42(45)48-36-30-27-24-21-18-15-12-9-6-3/h4-39H2,1-3H3. The fourth-order valence-corrected chi connectivity index (χ4v) is 16.1. The van der Waals surface area contributed by atoms with Gasteiger partial charge in [0.1, 0.15) is 0 Å². The quantitative estimate of drug-likeness (QED) is 0.0259. The third-order valence-corrected chi connectivity index (χ3v) is 20.1. The van der Waals surface area contributed by atoms with Crippen LogP contribution in [0, 0.1) is 0 Å². The highest BCUT2D eigenvalue weighted by atomic mass is 33.4. The van der Waals surface area contributed by atoms with Gasteiger partial charge in [-0.1, -0.05) is 175 Å². The SMILES string of the molecule is CCCCCCCCCCCOC(=O)CCSP(SCCC(=O)OCCCCCCCCCCC)SCCC(=O)OCCCCCCCCCCC. The Morgan fingerprint density at radius 3 is 0.788 bits per heavy atom. The first-order valence-electron chi connectivity index (χ1n) is 21.7. The first-order chi connectivity index (χ1) is 25.5. The van der Waals surface area contributed by atoms with E-state index in [9.17, 15) is 14.4 Å². The Hall–Kier alpha value is -0.110. The van der Waals surface area contributed by atoms with E-state index in [1.54, 1.807) is 34.1 Å². The predicted molar refractivity (Wildman–Crippen MR) is 233 cm³/mol. The van der Waals surface area contributed by atoms with Crippen LogP contribution in [-0.4, -0.2) is 55.0 Å². The molecule has 0 unspecified atom stereocenters. The Bertz CT molecular complexity index is 691. The minimum Gasteiger partial charge on any atom is -0.466 e. The summed E-state index contributed by atoms with van der Waals surface area (Å²) in [6, 6.07) is 0. The van der Waals surface area contributed by atoms with Crippen molar-refractivity contribution in [2.75, 3.05) is 37.1 Å². The molecule has 0 amide bonds. The molecule has 0 aromatic heterocycles. The van der Waals surface area contributed by atoms with E-state index < -0.39 is 5.53 Å². The highest BCUT2D eigenvalue weighted by Crippen LogP contribution is 2.70. The van der Waals surface area contributed by atoms with Crippen molar-refractivity contribution in [3.63, 3.8) is 0 Å². The van der Waals surface area contributed by atoms with Crippen molar-refractivity contribution in [3.8, 4) is 0 Å². The molecular formula is C42H81O6PS3. The summed E-state index contributed by atoms with van der Waals surface area (Å²) in [6.07, 6.45) is 34.8. The monoisotopic (exact) mass is 808 g/mol. The van der Waals surface area contributed by atoms with Crippen molar-refractivity contribution in [2.24, 2.45) is 0 Å². The third kappa shape index (κ3) is 41.1. The van der Waals surface area contributed by atoms with E-state index in [-0.39, 0.29) is 17.9 Å². The molecule has 0 rings (SSSR count). The lowest BCUT2D eigenvalue weighted by Gasteiger charge is -2.15. The summed E-state index contributed by atoms with van der Waals surface area (Å²) in [5.41, 5.74) is -0.613. The maximum absolute atomic E-state index is 12.4. The Kier molecular flexibility index (Phi) is 43.5. The number of hydrogen-bond donors (Lipinski definition) is 0. The van der Waals surface area contributed by atoms with Gasteiger partial charge in [-0.3, -0.25) is 14.4 Å². The third-order valence-electron chi connectivity index (χ3n) is 9.04. The first kappa shape index (κ1) is 51.9. The van der Waals surface area contributed by atoms with Crippen molar-refractivity contribution in [1.82, 2.24) is 0 Å². The molecule has 0 aliphatic heterocycles. The van der Waals surface area contributed by atoms with Crippen LogP contribution in [0.3, 0.4) is 0 Å². The summed E-state index contributed by atoms with van der Waals surface area (Å²) in [5, 5.41) is 0. The van der Waals surface area contributed by atoms with Gasteiger partial charge >= 0.3 is 17.9 Å². The van der Waals surface area contributed by atoms with Gasteiger partial charge in [0.2, 0.25) is 0 Å². The molecule has 0 fully saturated rings. The number of carbonyl (C=O) groups excluding carboxylic acids is 3. The minimum atomic E-state index is -0.613. The van der Waals surface area contributed by atoms with E-state index in [4.69, 9.17) is 14.2 Å². The number of rotatable bonds is 42.